The Bertz CT molecular complexity index is 229. The van der Waals surface area contributed by atoms with Crippen molar-refractivity contribution < 1.29 is 14.3 Å². The van der Waals surface area contributed by atoms with Crippen LogP contribution in [0, 0.1) is 11.3 Å². The van der Waals surface area contributed by atoms with Crippen LogP contribution in [0.4, 0.5) is 0 Å². The maximum Gasteiger partial charge on any atom is 0.143 e. The lowest BCUT2D eigenvalue weighted by atomic mass is 9.68. The zero-order chi connectivity index (χ0) is 10.2. The molecule has 2 unspecified atom stereocenters. The molecule has 3 nitrogen and oxygen atoms in total. The minimum Gasteiger partial charge on any atom is -0.381 e. The van der Waals surface area contributed by atoms with E-state index in [9.17, 15) is 4.79 Å². The van der Waals surface area contributed by atoms with Crippen LogP contribution in [0.2, 0.25) is 0 Å². The van der Waals surface area contributed by atoms with E-state index in [4.69, 9.17) is 9.47 Å². The lowest BCUT2D eigenvalue weighted by Gasteiger charge is -2.42. The maximum atomic E-state index is 11.3. The van der Waals surface area contributed by atoms with E-state index >= 15 is 0 Å². The van der Waals surface area contributed by atoms with Gasteiger partial charge < -0.3 is 9.47 Å². The van der Waals surface area contributed by atoms with Gasteiger partial charge >= 0.3 is 0 Å². The second kappa shape index (κ2) is 3.63. The maximum absolute atomic E-state index is 11.3. The third-order valence-electron chi connectivity index (χ3n) is 3.45. The standard InChI is InChI=1S/C11H18O3/c1-11(2)9(12)5-10(11)14-7-8-3-4-13-6-8/h8,10H,3-7H2,1-2H3. The van der Waals surface area contributed by atoms with Gasteiger partial charge in [0, 0.05) is 18.9 Å². The third kappa shape index (κ3) is 1.71. The molecule has 2 rings (SSSR count). The first kappa shape index (κ1) is 10.1. The van der Waals surface area contributed by atoms with E-state index < -0.39 is 0 Å². The van der Waals surface area contributed by atoms with Gasteiger partial charge in [-0.15, -0.1) is 0 Å². The van der Waals surface area contributed by atoms with Gasteiger partial charge in [0.15, 0.2) is 0 Å². The molecule has 2 aliphatic rings. The van der Waals surface area contributed by atoms with Crippen LogP contribution in [0.3, 0.4) is 0 Å². The first-order valence-electron chi connectivity index (χ1n) is 5.33. The van der Waals surface area contributed by atoms with Gasteiger partial charge in [-0.1, -0.05) is 13.8 Å². The highest BCUT2D eigenvalue weighted by molar-refractivity contribution is 5.91. The van der Waals surface area contributed by atoms with Crippen molar-refractivity contribution in [3.63, 3.8) is 0 Å². The summed E-state index contributed by atoms with van der Waals surface area (Å²) in [5.41, 5.74) is -0.251. The molecular weight excluding hydrogens is 180 g/mol. The van der Waals surface area contributed by atoms with E-state index in [1.54, 1.807) is 0 Å². The Morgan fingerprint density at radius 2 is 2.36 bits per heavy atom. The van der Waals surface area contributed by atoms with Crippen LogP contribution in [-0.4, -0.2) is 31.7 Å². The molecule has 1 saturated carbocycles. The van der Waals surface area contributed by atoms with Gasteiger partial charge in [0.2, 0.25) is 0 Å². The van der Waals surface area contributed by atoms with Crippen molar-refractivity contribution in [1.82, 2.24) is 0 Å². The summed E-state index contributed by atoms with van der Waals surface area (Å²) in [7, 11) is 0. The quantitative estimate of drug-likeness (QED) is 0.687. The average Bonchev–Trinajstić information content (AvgIpc) is 2.64. The summed E-state index contributed by atoms with van der Waals surface area (Å²) in [6, 6.07) is 0. The monoisotopic (exact) mass is 198 g/mol. The molecule has 3 heteroatoms. The Labute approximate surface area is 84.8 Å². The largest absolute Gasteiger partial charge is 0.381 e. The Balaban J connectivity index is 1.74. The van der Waals surface area contributed by atoms with Crippen LogP contribution in [0.1, 0.15) is 26.7 Å². The summed E-state index contributed by atoms with van der Waals surface area (Å²) in [5, 5.41) is 0. The first-order valence-corrected chi connectivity index (χ1v) is 5.33. The SMILES string of the molecule is CC1(C)C(=O)CC1OCC1CCOC1. The van der Waals surface area contributed by atoms with Gasteiger partial charge in [-0.3, -0.25) is 4.79 Å². The summed E-state index contributed by atoms with van der Waals surface area (Å²) in [6.45, 7) is 6.37. The highest BCUT2D eigenvalue weighted by atomic mass is 16.5. The van der Waals surface area contributed by atoms with Crippen LogP contribution in [-0.2, 0) is 14.3 Å². The van der Waals surface area contributed by atoms with Crippen molar-refractivity contribution in [3.05, 3.63) is 0 Å². The highest BCUT2D eigenvalue weighted by Gasteiger charge is 2.48. The Morgan fingerprint density at radius 3 is 2.86 bits per heavy atom. The molecule has 1 heterocycles. The number of carbonyl (C=O) groups is 1. The second-order valence-corrected chi connectivity index (χ2v) is 4.90. The molecule has 14 heavy (non-hydrogen) atoms. The Morgan fingerprint density at radius 1 is 1.57 bits per heavy atom. The molecule has 0 N–H and O–H groups in total. The molecule has 1 aliphatic carbocycles. The lowest BCUT2D eigenvalue weighted by molar-refractivity contribution is -0.159. The number of carbonyl (C=O) groups excluding carboxylic acids is 1. The summed E-state index contributed by atoms with van der Waals surface area (Å²) < 4.78 is 11.0. The van der Waals surface area contributed by atoms with Gasteiger partial charge in [0.25, 0.3) is 0 Å². The van der Waals surface area contributed by atoms with Crippen molar-refractivity contribution in [2.75, 3.05) is 19.8 Å². The molecule has 1 saturated heterocycles. The minimum absolute atomic E-state index is 0.135. The van der Waals surface area contributed by atoms with Crippen molar-refractivity contribution in [1.29, 1.82) is 0 Å². The fraction of sp³-hybridized carbons (Fsp3) is 0.909. The molecule has 0 aromatic rings. The second-order valence-electron chi connectivity index (χ2n) is 4.90. The summed E-state index contributed by atoms with van der Waals surface area (Å²) >= 11 is 0. The summed E-state index contributed by atoms with van der Waals surface area (Å²) in [6.07, 6.45) is 1.83. The van der Waals surface area contributed by atoms with Crippen LogP contribution in [0.25, 0.3) is 0 Å². The van der Waals surface area contributed by atoms with Crippen molar-refractivity contribution in [2.45, 2.75) is 32.8 Å². The molecular formula is C11H18O3. The number of ketones is 1. The normalized spacial score (nSPS) is 35.7. The zero-order valence-electron chi connectivity index (χ0n) is 8.91. The summed E-state index contributed by atoms with van der Waals surface area (Å²) in [4.78, 5) is 11.3. The number of hydrogen-bond acceptors (Lipinski definition) is 3. The topological polar surface area (TPSA) is 35.5 Å². The highest BCUT2D eigenvalue weighted by Crippen LogP contribution is 2.39. The predicted molar refractivity (Wildman–Crippen MR) is 52.1 cm³/mol. The average molecular weight is 198 g/mol. The van der Waals surface area contributed by atoms with Gasteiger partial charge in [0.05, 0.1) is 24.7 Å². The molecule has 0 aromatic carbocycles. The number of ether oxygens (including phenoxy) is 2. The number of hydrogen-bond donors (Lipinski definition) is 0. The van der Waals surface area contributed by atoms with E-state index in [1.165, 1.54) is 0 Å². The molecule has 80 valence electrons. The van der Waals surface area contributed by atoms with E-state index in [0.717, 1.165) is 26.2 Å². The Hall–Kier alpha value is -0.410. The number of rotatable bonds is 3. The van der Waals surface area contributed by atoms with Crippen LogP contribution < -0.4 is 0 Å². The molecule has 0 aromatic heterocycles. The third-order valence-corrected chi connectivity index (χ3v) is 3.45. The number of Topliss-reactive ketones (excluding diaryl/α,β-unsaturated/α-hetero) is 1. The molecule has 2 atom stereocenters. The van der Waals surface area contributed by atoms with Crippen molar-refractivity contribution >= 4 is 5.78 Å². The van der Waals surface area contributed by atoms with E-state index in [1.807, 2.05) is 13.8 Å². The van der Waals surface area contributed by atoms with Gasteiger partial charge in [-0.05, 0) is 6.42 Å². The Kier molecular flexibility index (Phi) is 2.62. The van der Waals surface area contributed by atoms with Gasteiger partial charge in [-0.25, -0.2) is 0 Å². The fourth-order valence-electron chi connectivity index (χ4n) is 1.97. The molecule has 0 amide bonds. The molecule has 0 radical (unpaired) electrons. The van der Waals surface area contributed by atoms with Gasteiger partial charge in [0.1, 0.15) is 5.78 Å². The molecule has 0 bridgehead atoms. The van der Waals surface area contributed by atoms with E-state index in [-0.39, 0.29) is 11.5 Å². The zero-order valence-corrected chi connectivity index (χ0v) is 8.91. The molecule has 2 fully saturated rings. The van der Waals surface area contributed by atoms with Crippen molar-refractivity contribution in [3.8, 4) is 0 Å². The van der Waals surface area contributed by atoms with Crippen LogP contribution in [0.5, 0.6) is 0 Å². The smallest absolute Gasteiger partial charge is 0.143 e. The first-order chi connectivity index (χ1) is 6.60. The molecule has 1 aliphatic heterocycles. The predicted octanol–water partition coefficient (Wildman–Crippen LogP) is 1.41. The van der Waals surface area contributed by atoms with E-state index in [0.29, 0.717) is 18.1 Å². The van der Waals surface area contributed by atoms with E-state index in [2.05, 4.69) is 0 Å². The summed E-state index contributed by atoms with van der Waals surface area (Å²) in [5.74, 6) is 0.867. The lowest BCUT2D eigenvalue weighted by Crippen LogP contribution is -2.51. The van der Waals surface area contributed by atoms with Crippen LogP contribution >= 0.6 is 0 Å². The van der Waals surface area contributed by atoms with Crippen molar-refractivity contribution in [2.24, 2.45) is 11.3 Å². The minimum atomic E-state index is -0.251. The fourth-order valence-corrected chi connectivity index (χ4v) is 1.97. The van der Waals surface area contributed by atoms with Gasteiger partial charge in [-0.2, -0.15) is 0 Å². The van der Waals surface area contributed by atoms with Crippen LogP contribution in [0.15, 0.2) is 0 Å². The molecule has 0 spiro atoms.